The number of hydrogen-bond acceptors (Lipinski definition) is 4. The van der Waals surface area contributed by atoms with E-state index >= 15 is 0 Å². The van der Waals surface area contributed by atoms with Crippen LogP contribution >= 0.6 is 12.2 Å². The summed E-state index contributed by atoms with van der Waals surface area (Å²) in [5, 5.41) is 14.7. The third kappa shape index (κ3) is 6.37. The normalized spacial score (nSPS) is 24.8. The summed E-state index contributed by atoms with van der Waals surface area (Å²) in [6.45, 7) is 0.765. The van der Waals surface area contributed by atoms with Gasteiger partial charge in [0, 0.05) is 24.4 Å². The third-order valence-electron chi connectivity index (χ3n) is 5.91. The van der Waals surface area contributed by atoms with Crippen LogP contribution < -0.4 is 10.6 Å². The summed E-state index contributed by atoms with van der Waals surface area (Å²) in [4.78, 5) is 23.4. The number of carbonyl (C=O) groups is 2. The van der Waals surface area contributed by atoms with Crippen LogP contribution in [-0.4, -0.2) is 47.3 Å². The van der Waals surface area contributed by atoms with Gasteiger partial charge in [-0.3, -0.25) is 9.59 Å². The molecule has 1 amide bonds. The smallest absolute Gasteiger partial charge is 0.303 e. The average molecular weight is 431 g/mol. The summed E-state index contributed by atoms with van der Waals surface area (Å²) >= 11 is 5.33. The molecule has 0 radical (unpaired) electrons. The Kier molecular flexibility index (Phi) is 8.39. The van der Waals surface area contributed by atoms with Gasteiger partial charge in [-0.05, 0) is 38.0 Å². The van der Waals surface area contributed by atoms with Crippen molar-refractivity contribution in [3.05, 3.63) is 48.0 Å². The van der Waals surface area contributed by atoms with Gasteiger partial charge in [0.05, 0.1) is 18.8 Å². The summed E-state index contributed by atoms with van der Waals surface area (Å²) in [7, 11) is 0. The van der Waals surface area contributed by atoms with Gasteiger partial charge in [0.1, 0.15) is 4.99 Å². The summed E-state index contributed by atoms with van der Waals surface area (Å²) in [5.74, 6) is -0.102. The lowest BCUT2D eigenvalue weighted by atomic mass is 9.77. The maximum atomic E-state index is 12.3. The van der Waals surface area contributed by atoms with Crippen molar-refractivity contribution >= 4 is 29.1 Å². The van der Waals surface area contributed by atoms with E-state index in [0.717, 1.165) is 31.2 Å². The molecular formula is C23H30N2O4S. The summed E-state index contributed by atoms with van der Waals surface area (Å²) < 4.78 is 6.10. The first kappa shape index (κ1) is 22.4. The lowest BCUT2D eigenvalue weighted by Crippen LogP contribution is -2.42. The summed E-state index contributed by atoms with van der Waals surface area (Å²) in [5.41, 5.74) is 0.900. The van der Waals surface area contributed by atoms with E-state index in [1.807, 2.05) is 30.3 Å². The minimum atomic E-state index is -0.750. The lowest BCUT2D eigenvalue weighted by molar-refractivity contribution is -0.137. The van der Waals surface area contributed by atoms with Crippen molar-refractivity contribution < 1.29 is 19.4 Å². The van der Waals surface area contributed by atoms with E-state index in [-0.39, 0.29) is 31.1 Å². The number of unbranched alkanes of at least 4 members (excludes halogenated alkanes) is 1. The van der Waals surface area contributed by atoms with Crippen molar-refractivity contribution in [1.29, 1.82) is 0 Å². The highest BCUT2D eigenvalue weighted by molar-refractivity contribution is 7.80. The molecular weight excluding hydrogens is 400 g/mol. The molecule has 2 bridgehead atoms. The van der Waals surface area contributed by atoms with E-state index < -0.39 is 5.97 Å². The van der Waals surface area contributed by atoms with E-state index in [9.17, 15) is 9.59 Å². The van der Waals surface area contributed by atoms with Gasteiger partial charge in [0.15, 0.2) is 0 Å². The van der Waals surface area contributed by atoms with Crippen LogP contribution in [0, 0.1) is 11.8 Å². The average Bonchev–Trinajstić information content (AvgIpc) is 3.35. The Morgan fingerprint density at radius 2 is 1.83 bits per heavy atom. The highest BCUT2D eigenvalue weighted by Crippen LogP contribution is 2.44. The summed E-state index contributed by atoms with van der Waals surface area (Å²) in [6.07, 6.45) is 9.40. The van der Waals surface area contributed by atoms with E-state index in [0.29, 0.717) is 29.8 Å². The maximum absolute atomic E-state index is 12.3. The molecule has 2 saturated heterocycles. The molecule has 1 aromatic carbocycles. The fourth-order valence-electron chi connectivity index (χ4n) is 4.37. The molecule has 6 nitrogen and oxygen atoms in total. The highest BCUT2D eigenvalue weighted by Gasteiger charge is 2.47. The fraction of sp³-hybridized carbons (Fsp3) is 0.522. The zero-order chi connectivity index (χ0) is 21.3. The molecule has 30 heavy (non-hydrogen) atoms. The Hall–Kier alpha value is -2.25. The second kappa shape index (κ2) is 11.2. The predicted molar refractivity (Wildman–Crippen MR) is 119 cm³/mol. The molecule has 2 aliphatic heterocycles. The number of amides is 1. The van der Waals surface area contributed by atoms with Gasteiger partial charge in [-0.1, -0.05) is 54.7 Å². The van der Waals surface area contributed by atoms with Crippen LogP contribution in [0.5, 0.6) is 0 Å². The van der Waals surface area contributed by atoms with Gasteiger partial charge in [-0.25, -0.2) is 0 Å². The minimum Gasteiger partial charge on any atom is -0.481 e. The van der Waals surface area contributed by atoms with Crippen LogP contribution in [0.4, 0.5) is 0 Å². The van der Waals surface area contributed by atoms with Crippen molar-refractivity contribution in [2.45, 2.75) is 50.7 Å². The van der Waals surface area contributed by atoms with Crippen LogP contribution in [0.15, 0.2) is 42.5 Å². The standard InChI is InChI=1S/C23H30N2O4S/c26-21(15-25-23(30)16-8-4-3-5-9-16)24-14-18-17(19-12-13-20(18)29-19)10-6-1-2-7-11-22(27)28/h1,3-6,8-9,17-20H,2,7,10-15H2,(H,24,26)(H,25,30)(H,27,28)/b6-1-/t17-,18+,19-,20+/m1/s1. The Bertz CT molecular complexity index is 768. The van der Waals surface area contributed by atoms with Gasteiger partial charge in [0.2, 0.25) is 5.91 Å². The molecule has 2 heterocycles. The van der Waals surface area contributed by atoms with Gasteiger partial charge >= 0.3 is 5.97 Å². The van der Waals surface area contributed by atoms with Crippen molar-refractivity contribution in [3.8, 4) is 0 Å². The number of nitrogens with one attached hydrogen (secondary N) is 2. The topological polar surface area (TPSA) is 87.7 Å². The molecule has 4 atom stereocenters. The first-order valence-electron chi connectivity index (χ1n) is 10.7. The lowest BCUT2D eigenvalue weighted by Gasteiger charge is -2.27. The molecule has 3 rings (SSSR count). The predicted octanol–water partition coefficient (Wildman–Crippen LogP) is 3.06. The minimum absolute atomic E-state index is 0.0704. The number of aliphatic carboxylic acids is 1. The largest absolute Gasteiger partial charge is 0.481 e. The van der Waals surface area contributed by atoms with Crippen LogP contribution in [-0.2, 0) is 14.3 Å². The van der Waals surface area contributed by atoms with E-state index in [4.69, 9.17) is 22.1 Å². The summed E-state index contributed by atoms with van der Waals surface area (Å²) in [6, 6.07) is 9.59. The molecule has 2 aliphatic rings. The van der Waals surface area contributed by atoms with Gasteiger partial charge < -0.3 is 20.5 Å². The van der Waals surface area contributed by atoms with E-state index in [1.54, 1.807) is 0 Å². The van der Waals surface area contributed by atoms with Crippen molar-refractivity contribution in [1.82, 2.24) is 10.6 Å². The van der Waals surface area contributed by atoms with Crippen molar-refractivity contribution in [2.75, 3.05) is 13.1 Å². The number of fused-ring (bicyclic) bond motifs is 2. The monoisotopic (exact) mass is 430 g/mol. The van der Waals surface area contributed by atoms with Gasteiger partial charge in [-0.15, -0.1) is 0 Å². The van der Waals surface area contributed by atoms with Crippen molar-refractivity contribution in [2.24, 2.45) is 11.8 Å². The van der Waals surface area contributed by atoms with E-state index in [2.05, 4.69) is 22.8 Å². The molecule has 3 N–H and O–H groups in total. The van der Waals surface area contributed by atoms with Crippen LogP contribution in [0.2, 0.25) is 0 Å². The second-order valence-corrected chi connectivity index (χ2v) is 8.37. The number of carboxylic acids is 1. The van der Waals surface area contributed by atoms with Gasteiger partial charge in [0.25, 0.3) is 0 Å². The van der Waals surface area contributed by atoms with E-state index in [1.165, 1.54) is 0 Å². The molecule has 0 aliphatic carbocycles. The number of ether oxygens (including phenoxy) is 1. The molecule has 7 heteroatoms. The number of hydrogen-bond donors (Lipinski definition) is 3. The van der Waals surface area contributed by atoms with Crippen LogP contribution in [0.3, 0.4) is 0 Å². The SMILES string of the molecule is O=C(O)CCC/C=C\C[C@@H]1[C@H](CNC(=O)CNC(=S)c2ccccc2)[C@@H]2CC[C@H]1O2. The third-order valence-corrected chi connectivity index (χ3v) is 6.29. The molecule has 162 valence electrons. The number of benzene rings is 1. The first-order chi connectivity index (χ1) is 14.5. The molecule has 0 saturated carbocycles. The quantitative estimate of drug-likeness (QED) is 0.284. The first-order valence-corrected chi connectivity index (χ1v) is 11.1. The fourth-order valence-corrected chi connectivity index (χ4v) is 4.58. The number of thiocarbonyl (C=S) groups is 1. The number of rotatable bonds is 11. The van der Waals surface area contributed by atoms with Crippen LogP contribution in [0.25, 0.3) is 0 Å². The zero-order valence-electron chi connectivity index (χ0n) is 17.1. The van der Waals surface area contributed by atoms with Crippen LogP contribution in [0.1, 0.15) is 44.1 Å². The number of allylic oxidation sites excluding steroid dienone is 2. The number of carboxylic acid groups (broad SMARTS) is 1. The molecule has 1 aromatic rings. The number of carbonyl (C=O) groups excluding carboxylic acids is 1. The Morgan fingerprint density at radius 1 is 1.10 bits per heavy atom. The zero-order valence-corrected chi connectivity index (χ0v) is 17.9. The maximum Gasteiger partial charge on any atom is 0.303 e. The molecule has 0 aromatic heterocycles. The van der Waals surface area contributed by atoms with Gasteiger partial charge in [-0.2, -0.15) is 0 Å². The Labute approximate surface area is 183 Å². The second-order valence-electron chi connectivity index (χ2n) is 7.96. The molecule has 0 spiro atoms. The Morgan fingerprint density at radius 3 is 2.57 bits per heavy atom. The highest BCUT2D eigenvalue weighted by atomic mass is 32.1. The Balaban J connectivity index is 1.40. The molecule has 2 fully saturated rings. The molecule has 0 unspecified atom stereocenters. The van der Waals surface area contributed by atoms with Crippen molar-refractivity contribution in [3.63, 3.8) is 0 Å².